The van der Waals surface area contributed by atoms with Crippen LogP contribution in [0.2, 0.25) is 0 Å². The van der Waals surface area contributed by atoms with Crippen LogP contribution < -0.4 is 5.56 Å². The second-order valence-electron chi connectivity index (χ2n) is 5.00. The minimum absolute atomic E-state index is 0.293. The Morgan fingerprint density at radius 1 is 1.14 bits per heavy atom. The van der Waals surface area contributed by atoms with Crippen LogP contribution in [-0.4, -0.2) is 23.0 Å². The van der Waals surface area contributed by atoms with Gasteiger partial charge in [-0.1, -0.05) is 29.8 Å². The van der Waals surface area contributed by atoms with E-state index in [4.69, 9.17) is 0 Å². The molecule has 0 unspecified atom stereocenters. The zero-order valence-electron chi connectivity index (χ0n) is 12.2. The minimum Gasteiger partial charge on any atom is -0.465 e. The van der Waals surface area contributed by atoms with Crippen LogP contribution in [0.25, 0.3) is 22.3 Å². The molecular weight excluding hydrogens is 280 g/mol. The maximum atomic E-state index is 12.2. The normalized spacial score (nSPS) is 10.6. The molecule has 0 amide bonds. The van der Waals surface area contributed by atoms with E-state index in [0.29, 0.717) is 22.3 Å². The van der Waals surface area contributed by atoms with Crippen molar-refractivity contribution in [2.75, 3.05) is 7.11 Å². The van der Waals surface area contributed by atoms with E-state index in [1.807, 2.05) is 31.2 Å². The van der Waals surface area contributed by atoms with E-state index in [2.05, 4.69) is 14.7 Å². The fourth-order valence-electron chi connectivity index (χ4n) is 2.24. The Morgan fingerprint density at radius 2 is 1.86 bits per heavy atom. The summed E-state index contributed by atoms with van der Waals surface area (Å²) in [5.41, 5.74) is 3.42. The van der Waals surface area contributed by atoms with Crippen molar-refractivity contribution in [3.05, 3.63) is 63.9 Å². The molecule has 0 spiro atoms. The van der Waals surface area contributed by atoms with Crippen molar-refractivity contribution in [2.24, 2.45) is 0 Å². The maximum Gasteiger partial charge on any atom is 0.337 e. The van der Waals surface area contributed by atoms with Gasteiger partial charge in [0.15, 0.2) is 0 Å². The van der Waals surface area contributed by atoms with Gasteiger partial charge in [0.05, 0.1) is 23.7 Å². The predicted molar refractivity (Wildman–Crippen MR) is 83.9 cm³/mol. The van der Waals surface area contributed by atoms with Crippen molar-refractivity contribution < 1.29 is 9.53 Å². The second-order valence-corrected chi connectivity index (χ2v) is 5.00. The molecule has 0 saturated carbocycles. The number of aromatic amines is 1. The first-order valence-corrected chi connectivity index (χ1v) is 6.78. The first-order chi connectivity index (χ1) is 10.6. The van der Waals surface area contributed by atoms with Gasteiger partial charge in [-0.3, -0.25) is 4.79 Å². The minimum atomic E-state index is -0.453. The summed E-state index contributed by atoms with van der Waals surface area (Å²) < 4.78 is 4.67. The molecule has 0 aliphatic rings. The van der Waals surface area contributed by atoms with Gasteiger partial charge in [0, 0.05) is 5.56 Å². The number of rotatable bonds is 2. The Morgan fingerprint density at radius 3 is 2.55 bits per heavy atom. The SMILES string of the molecule is COC(=O)c1ccc2nc(-c3ccc(C)cc3)c(=O)[nH]c2c1. The van der Waals surface area contributed by atoms with E-state index in [1.54, 1.807) is 18.2 Å². The summed E-state index contributed by atoms with van der Waals surface area (Å²) in [6.07, 6.45) is 0. The molecule has 110 valence electrons. The number of aromatic nitrogens is 2. The first kappa shape index (κ1) is 14.0. The Hall–Kier alpha value is -2.95. The zero-order valence-corrected chi connectivity index (χ0v) is 12.2. The first-order valence-electron chi connectivity index (χ1n) is 6.78. The number of hydrogen-bond acceptors (Lipinski definition) is 4. The van der Waals surface area contributed by atoms with Crippen LogP contribution >= 0.6 is 0 Å². The Bertz CT molecular complexity index is 911. The predicted octanol–water partition coefficient (Wildman–Crippen LogP) is 2.69. The van der Waals surface area contributed by atoms with Crippen LogP contribution in [0.5, 0.6) is 0 Å². The average molecular weight is 294 g/mol. The summed E-state index contributed by atoms with van der Waals surface area (Å²) in [6, 6.07) is 12.5. The molecule has 0 radical (unpaired) electrons. The van der Waals surface area contributed by atoms with Crippen molar-refractivity contribution in [1.29, 1.82) is 0 Å². The number of benzene rings is 2. The fourth-order valence-corrected chi connectivity index (χ4v) is 2.24. The van der Waals surface area contributed by atoms with Crippen molar-refractivity contribution >= 4 is 17.0 Å². The highest BCUT2D eigenvalue weighted by Crippen LogP contribution is 2.17. The number of H-pyrrole nitrogens is 1. The largest absolute Gasteiger partial charge is 0.465 e. The lowest BCUT2D eigenvalue weighted by Gasteiger charge is -2.05. The van der Waals surface area contributed by atoms with Gasteiger partial charge in [0.25, 0.3) is 5.56 Å². The van der Waals surface area contributed by atoms with Gasteiger partial charge in [0.2, 0.25) is 0 Å². The van der Waals surface area contributed by atoms with Crippen LogP contribution in [0.1, 0.15) is 15.9 Å². The molecule has 5 nitrogen and oxygen atoms in total. The standard InChI is InChI=1S/C17H14N2O3/c1-10-3-5-11(6-4-10)15-16(20)19-14-9-12(17(21)22-2)7-8-13(14)18-15/h3-9H,1-2H3,(H,19,20). The van der Waals surface area contributed by atoms with Crippen LogP contribution in [-0.2, 0) is 4.74 Å². The summed E-state index contributed by atoms with van der Waals surface area (Å²) in [5.74, 6) is -0.453. The molecule has 1 aromatic heterocycles. The molecular formula is C17H14N2O3. The molecule has 0 bridgehead atoms. The molecule has 0 aliphatic carbocycles. The van der Waals surface area contributed by atoms with Gasteiger partial charge >= 0.3 is 5.97 Å². The molecule has 0 fully saturated rings. The van der Waals surface area contributed by atoms with E-state index in [1.165, 1.54) is 7.11 Å². The summed E-state index contributed by atoms with van der Waals surface area (Å²) >= 11 is 0. The van der Waals surface area contributed by atoms with Gasteiger partial charge in [-0.2, -0.15) is 0 Å². The molecule has 3 aromatic rings. The lowest BCUT2D eigenvalue weighted by atomic mass is 10.1. The van der Waals surface area contributed by atoms with Gasteiger partial charge in [-0.25, -0.2) is 9.78 Å². The number of fused-ring (bicyclic) bond motifs is 1. The lowest BCUT2D eigenvalue weighted by molar-refractivity contribution is 0.0601. The van der Waals surface area contributed by atoms with Crippen molar-refractivity contribution in [1.82, 2.24) is 9.97 Å². The Labute approximate surface area is 126 Å². The second kappa shape index (κ2) is 5.44. The van der Waals surface area contributed by atoms with Crippen LogP contribution in [0.3, 0.4) is 0 Å². The number of esters is 1. The number of carbonyl (C=O) groups excluding carboxylic acids is 1. The Kier molecular flexibility index (Phi) is 3.47. The number of ether oxygens (including phenoxy) is 1. The van der Waals surface area contributed by atoms with Crippen molar-refractivity contribution in [2.45, 2.75) is 6.92 Å². The van der Waals surface area contributed by atoms with Gasteiger partial charge in [-0.05, 0) is 25.1 Å². The van der Waals surface area contributed by atoms with Crippen LogP contribution in [0, 0.1) is 6.92 Å². The monoisotopic (exact) mass is 294 g/mol. The lowest BCUT2D eigenvalue weighted by Crippen LogP contribution is -2.12. The number of carbonyl (C=O) groups is 1. The highest BCUT2D eigenvalue weighted by atomic mass is 16.5. The molecule has 1 heterocycles. The van der Waals surface area contributed by atoms with Crippen molar-refractivity contribution in [3.8, 4) is 11.3 Å². The van der Waals surface area contributed by atoms with E-state index in [0.717, 1.165) is 11.1 Å². The van der Waals surface area contributed by atoms with E-state index < -0.39 is 5.97 Å². The topological polar surface area (TPSA) is 72.0 Å². The molecule has 0 aliphatic heterocycles. The zero-order chi connectivity index (χ0) is 15.7. The number of aryl methyl sites for hydroxylation is 1. The quantitative estimate of drug-likeness (QED) is 0.738. The van der Waals surface area contributed by atoms with Gasteiger partial charge in [0.1, 0.15) is 5.69 Å². The van der Waals surface area contributed by atoms with E-state index in [9.17, 15) is 9.59 Å². The third-order valence-corrected chi connectivity index (χ3v) is 3.44. The molecule has 0 saturated heterocycles. The molecule has 1 N–H and O–H groups in total. The summed E-state index contributed by atoms with van der Waals surface area (Å²) in [6.45, 7) is 1.98. The van der Waals surface area contributed by atoms with E-state index >= 15 is 0 Å². The average Bonchev–Trinajstić information content (AvgIpc) is 2.54. The summed E-state index contributed by atoms with van der Waals surface area (Å²) in [5, 5.41) is 0. The van der Waals surface area contributed by atoms with Gasteiger partial charge in [-0.15, -0.1) is 0 Å². The highest BCUT2D eigenvalue weighted by Gasteiger charge is 2.10. The maximum absolute atomic E-state index is 12.2. The van der Waals surface area contributed by atoms with E-state index in [-0.39, 0.29) is 5.56 Å². The molecule has 2 aromatic carbocycles. The third kappa shape index (κ3) is 2.48. The number of nitrogens with zero attached hydrogens (tertiary/aromatic N) is 1. The number of methoxy groups -OCH3 is 1. The Balaban J connectivity index is 2.15. The van der Waals surface area contributed by atoms with Crippen LogP contribution in [0.4, 0.5) is 0 Å². The van der Waals surface area contributed by atoms with Crippen LogP contribution in [0.15, 0.2) is 47.3 Å². The molecule has 0 atom stereocenters. The van der Waals surface area contributed by atoms with Crippen molar-refractivity contribution in [3.63, 3.8) is 0 Å². The summed E-state index contributed by atoms with van der Waals surface area (Å²) in [7, 11) is 1.31. The third-order valence-electron chi connectivity index (χ3n) is 3.44. The highest BCUT2D eigenvalue weighted by molar-refractivity contribution is 5.93. The summed E-state index contributed by atoms with van der Waals surface area (Å²) in [4.78, 5) is 30.9. The number of hydrogen-bond donors (Lipinski definition) is 1. The molecule has 5 heteroatoms. The fraction of sp³-hybridized carbons (Fsp3) is 0.118. The molecule has 3 rings (SSSR count). The number of nitrogens with one attached hydrogen (secondary N) is 1. The van der Waals surface area contributed by atoms with Gasteiger partial charge < -0.3 is 9.72 Å². The molecule has 22 heavy (non-hydrogen) atoms. The smallest absolute Gasteiger partial charge is 0.337 e.